The van der Waals surface area contributed by atoms with Gasteiger partial charge in [0, 0.05) is 43.3 Å². The van der Waals surface area contributed by atoms with Crippen LogP contribution in [-0.4, -0.2) is 43.0 Å². The summed E-state index contributed by atoms with van der Waals surface area (Å²) in [7, 11) is 0. The normalized spacial score (nSPS) is 18.5. The molecular formula is C26H29N5O2. The Balaban J connectivity index is 1.37. The third-order valence-corrected chi connectivity index (χ3v) is 6.56. The Kier molecular flexibility index (Phi) is 5.96. The maximum absolute atomic E-state index is 13.1. The Morgan fingerprint density at radius 2 is 1.97 bits per heavy atom. The molecule has 3 aromatic heterocycles. The first-order valence-electron chi connectivity index (χ1n) is 11.6. The number of hydrogen-bond acceptors (Lipinski definition) is 4. The van der Waals surface area contributed by atoms with Gasteiger partial charge in [0.2, 0.25) is 0 Å². The van der Waals surface area contributed by atoms with Gasteiger partial charge in [-0.05, 0) is 55.7 Å². The molecule has 1 fully saturated rings. The lowest BCUT2D eigenvalue weighted by Gasteiger charge is -2.27. The average Bonchev–Trinajstić information content (AvgIpc) is 3.48. The number of nitrogens with zero attached hydrogens (tertiary/aromatic N) is 4. The standard InChI is InChI=1S/C26H29N5O2/c1-18-7-12-23-25(29-18)22(26(33)27-15-20-5-2-3-6-24(20)32)17-30(23)16-19-8-10-21(11-9-19)31-14-4-13-28-31/h4,7-14,17,20,24,32H,2-3,5-6,15-16H2,1H3,(H,27,33)/t20?,24-/m0/s1. The molecular weight excluding hydrogens is 414 g/mol. The highest BCUT2D eigenvalue weighted by Gasteiger charge is 2.24. The van der Waals surface area contributed by atoms with Gasteiger partial charge in [0.1, 0.15) is 5.52 Å². The minimum absolute atomic E-state index is 0.124. The molecule has 0 bridgehead atoms. The second-order valence-electron chi connectivity index (χ2n) is 8.93. The van der Waals surface area contributed by atoms with Crippen LogP contribution in [0.1, 0.15) is 47.3 Å². The van der Waals surface area contributed by atoms with E-state index in [4.69, 9.17) is 0 Å². The average molecular weight is 444 g/mol. The first-order valence-corrected chi connectivity index (χ1v) is 11.6. The van der Waals surface area contributed by atoms with Gasteiger partial charge in [-0.25, -0.2) is 4.68 Å². The number of aromatic nitrogens is 4. The van der Waals surface area contributed by atoms with Gasteiger partial charge >= 0.3 is 0 Å². The number of fused-ring (bicyclic) bond motifs is 1. The van der Waals surface area contributed by atoms with Crippen molar-refractivity contribution in [1.82, 2.24) is 24.6 Å². The van der Waals surface area contributed by atoms with E-state index in [1.807, 2.05) is 54.3 Å². The van der Waals surface area contributed by atoms with Crippen molar-refractivity contribution in [2.75, 3.05) is 6.54 Å². The Hall–Kier alpha value is -3.45. The number of benzene rings is 1. The highest BCUT2D eigenvalue weighted by Crippen LogP contribution is 2.25. The fourth-order valence-electron chi connectivity index (χ4n) is 4.68. The van der Waals surface area contributed by atoms with Crippen molar-refractivity contribution in [3.63, 3.8) is 0 Å². The van der Waals surface area contributed by atoms with Gasteiger partial charge in [-0.2, -0.15) is 5.10 Å². The zero-order chi connectivity index (χ0) is 22.8. The Labute approximate surface area is 193 Å². The van der Waals surface area contributed by atoms with Crippen LogP contribution in [0, 0.1) is 12.8 Å². The fraction of sp³-hybridized carbons (Fsp3) is 0.346. The van der Waals surface area contributed by atoms with Crippen LogP contribution in [0.25, 0.3) is 16.7 Å². The van der Waals surface area contributed by atoms with Crippen molar-refractivity contribution in [2.24, 2.45) is 5.92 Å². The van der Waals surface area contributed by atoms with E-state index in [0.717, 1.165) is 48.1 Å². The van der Waals surface area contributed by atoms with Crippen LogP contribution in [0.2, 0.25) is 0 Å². The number of pyridine rings is 1. The molecule has 7 heteroatoms. The highest BCUT2D eigenvalue weighted by atomic mass is 16.3. The number of carbonyl (C=O) groups is 1. The number of aryl methyl sites for hydroxylation is 1. The molecule has 7 nitrogen and oxygen atoms in total. The summed E-state index contributed by atoms with van der Waals surface area (Å²) >= 11 is 0. The van der Waals surface area contributed by atoms with Gasteiger partial charge in [-0.3, -0.25) is 9.78 Å². The van der Waals surface area contributed by atoms with E-state index in [1.54, 1.807) is 6.20 Å². The van der Waals surface area contributed by atoms with Gasteiger partial charge in [-0.1, -0.05) is 25.0 Å². The summed E-state index contributed by atoms with van der Waals surface area (Å²) in [5, 5.41) is 17.6. The van der Waals surface area contributed by atoms with Crippen molar-refractivity contribution in [3.8, 4) is 5.69 Å². The van der Waals surface area contributed by atoms with Crippen LogP contribution in [0.4, 0.5) is 0 Å². The lowest BCUT2D eigenvalue weighted by atomic mass is 9.86. The molecule has 5 rings (SSSR count). The summed E-state index contributed by atoms with van der Waals surface area (Å²) in [4.78, 5) is 17.8. The first kappa shape index (κ1) is 21.4. The van der Waals surface area contributed by atoms with E-state index in [-0.39, 0.29) is 17.9 Å². The molecule has 3 heterocycles. The maximum Gasteiger partial charge on any atom is 0.255 e. The van der Waals surface area contributed by atoms with Gasteiger partial charge in [0.15, 0.2) is 0 Å². The Morgan fingerprint density at radius 3 is 2.73 bits per heavy atom. The van der Waals surface area contributed by atoms with Crippen molar-refractivity contribution >= 4 is 16.9 Å². The van der Waals surface area contributed by atoms with Crippen molar-refractivity contribution < 1.29 is 9.90 Å². The number of amides is 1. The number of aliphatic hydroxyl groups is 1. The van der Waals surface area contributed by atoms with E-state index in [1.165, 1.54) is 0 Å². The molecule has 2 atom stereocenters. The molecule has 1 saturated carbocycles. The van der Waals surface area contributed by atoms with Crippen LogP contribution >= 0.6 is 0 Å². The zero-order valence-corrected chi connectivity index (χ0v) is 18.8. The molecule has 1 aromatic carbocycles. The van der Waals surface area contributed by atoms with Crippen LogP contribution in [-0.2, 0) is 6.54 Å². The predicted molar refractivity (Wildman–Crippen MR) is 127 cm³/mol. The SMILES string of the molecule is Cc1ccc2c(n1)c(C(=O)NCC1CCCC[C@@H]1O)cn2Cc1ccc(-n2cccn2)cc1. The Morgan fingerprint density at radius 1 is 1.15 bits per heavy atom. The van der Waals surface area contributed by atoms with Crippen LogP contribution in [0.15, 0.2) is 61.1 Å². The molecule has 1 aliphatic rings. The van der Waals surface area contributed by atoms with E-state index < -0.39 is 0 Å². The summed E-state index contributed by atoms with van der Waals surface area (Å²) < 4.78 is 3.91. The molecule has 1 unspecified atom stereocenters. The molecule has 0 aliphatic heterocycles. The van der Waals surface area contributed by atoms with Gasteiger partial charge in [0.25, 0.3) is 5.91 Å². The lowest BCUT2D eigenvalue weighted by Crippen LogP contribution is -2.36. The van der Waals surface area contributed by atoms with Crippen LogP contribution < -0.4 is 5.32 Å². The van der Waals surface area contributed by atoms with Gasteiger partial charge < -0.3 is 15.0 Å². The molecule has 1 aliphatic carbocycles. The number of carbonyl (C=O) groups excluding carboxylic acids is 1. The fourth-order valence-corrected chi connectivity index (χ4v) is 4.68. The second kappa shape index (κ2) is 9.19. The van der Waals surface area contributed by atoms with E-state index in [9.17, 15) is 9.90 Å². The smallest absolute Gasteiger partial charge is 0.255 e. The molecule has 33 heavy (non-hydrogen) atoms. The largest absolute Gasteiger partial charge is 0.393 e. The minimum Gasteiger partial charge on any atom is -0.393 e. The van der Waals surface area contributed by atoms with Crippen LogP contribution in [0.3, 0.4) is 0 Å². The second-order valence-corrected chi connectivity index (χ2v) is 8.93. The molecule has 4 aromatic rings. The summed E-state index contributed by atoms with van der Waals surface area (Å²) in [5.74, 6) is -0.0114. The number of nitrogens with one attached hydrogen (secondary N) is 1. The molecule has 2 N–H and O–H groups in total. The lowest BCUT2D eigenvalue weighted by molar-refractivity contribution is 0.0663. The minimum atomic E-state index is -0.328. The molecule has 1 amide bonds. The summed E-state index contributed by atoms with van der Waals surface area (Å²) in [6.07, 6.45) is 9.18. The van der Waals surface area contributed by atoms with E-state index in [0.29, 0.717) is 24.2 Å². The summed E-state index contributed by atoms with van der Waals surface area (Å²) in [6.45, 7) is 3.06. The highest BCUT2D eigenvalue weighted by molar-refractivity contribution is 6.05. The van der Waals surface area contributed by atoms with Crippen molar-refractivity contribution in [3.05, 3.63) is 77.9 Å². The monoisotopic (exact) mass is 443 g/mol. The summed E-state index contributed by atoms with van der Waals surface area (Å²) in [5.41, 5.74) is 5.22. The number of aliphatic hydroxyl groups excluding tert-OH is 1. The topological polar surface area (TPSA) is 85.0 Å². The Bertz CT molecular complexity index is 1240. The quantitative estimate of drug-likeness (QED) is 0.474. The predicted octanol–water partition coefficient (Wildman–Crippen LogP) is 3.86. The molecule has 170 valence electrons. The zero-order valence-electron chi connectivity index (χ0n) is 18.8. The first-order chi connectivity index (χ1) is 16.1. The molecule has 0 radical (unpaired) electrons. The third kappa shape index (κ3) is 4.54. The van der Waals surface area contributed by atoms with Crippen molar-refractivity contribution in [2.45, 2.75) is 45.3 Å². The molecule has 0 spiro atoms. The number of hydrogen-bond donors (Lipinski definition) is 2. The molecule has 0 saturated heterocycles. The van der Waals surface area contributed by atoms with Gasteiger partial charge in [0.05, 0.1) is 22.9 Å². The maximum atomic E-state index is 13.1. The third-order valence-electron chi connectivity index (χ3n) is 6.56. The summed E-state index contributed by atoms with van der Waals surface area (Å²) in [6, 6.07) is 14.1. The van der Waals surface area contributed by atoms with Gasteiger partial charge in [-0.15, -0.1) is 0 Å². The van der Waals surface area contributed by atoms with E-state index >= 15 is 0 Å². The van der Waals surface area contributed by atoms with Crippen molar-refractivity contribution in [1.29, 1.82) is 0 Å². The van der Waals surface area contributed by atoms with E-state index in [2.05, 4.69) is 32.1 Å². The van der Waals surface area contributed by atoms with Crippen LogP contribution in [0.5, 0.6) is 0 Å². The number of rotatable bonds is 6.